The Balaban J connectivity index is 2.41. The van der Waals surface area contributed by atoms with Crippen LogP contribution in [0.25, 0.3) is 0 Å². The summed E-state index contributed by atoms with van der Waals surface area (Å²) >= 11 is 3.53. The van der Waals surface area contributed by atoms with E-state index in [4.69, 9.17) is 0 Å². The summed E-state index contributed by atoms with van der Waals surface area (Å²) in [6.07, 6.45) is 6.50. The predicted octanol–water partition coefficient (Wildman–Crippen LogP) is 3.25. The van der Waals surface area contributed by atoms with Crippen LogP contribution in [0.3, 0.4) is 0 Å². The number of hydrogen-bond donors (Lipinski definition) is 1. The van der Waals surface area contributed by atoms with Crippen molar-refractivity contribution in [1.82, 2.24) is 5.32 Å². The maximum absolute atomic E-state index is 11.8. The van der Waals surface area contributed by atoms with Gasteiger partial charge in [-0.05, 0) is 18.8 Å². The lowest BCUT2D eigenvalue weighted by atomic mass is 9.98. The summed E-state index contributed by atoms with van der Waals surface area (Å²) in [5, 5.41) is 4.12. The first-order valence-electron chi connectivity index (χ1n) is 5.99. The molecule has 0 radical (unpaired) electrons. The highest BCUT2D eigenvalue weighted by atomic mass is 79.9. The molecule has 1 aliphatic rings. The number of nitrogens with one attached hydrogen (secondary N) is 1. The number of hydrogen-bond acceptors (Lipinski definition) is 1. The molecule has 0 saturated heterocycles. The Labute approximate surface area is 101 Å². The van der Waals surface area contributed by atoms with Crippen molar-refractivity contribution in [2.75, 3.05) is 5.33 Å². The first-order valence-corrected chi connectivity index (χ1v) is 7.11. The molecule has 3 heteroatoms. The minimum Gasteiger partial charge on any atom is -0.350 e. The molecule has 15 heavy (non-hydrogen) atoms. The SMILES string of the molecule is CCC(C)CC(=O)NC1(CBr)CCCC1. The predicted molar refractivity (Wildman–Crippen MR) is 67.2 cm³/mol. The zero-order chi connectivity index (χ0) is 11.3. The standard InChI is InChI=1S/C12H22BrNO/c1-3-10(2)8-11(15)14-12(9-13)6-4-5-7-12/h10H,3-9H2,1-2H3,(H,14,15). The van der Waals surface area contributed by atoms with Gasteiger partial charge in [-0.25, -0.2) is 0 Å². The van der Waals surface area contributed by atoms with E-state index >= 15 is 0 Å². The Hall–Kier alpha value is -0.0500. The van der Waals surface area contributed by atoms with E-state index in [0.29, 0.717) is 12.3 Å². The van der Waals surface area contributed by atoms with E-state index in [1.807, 2.05) is 0 Å². The van der Waals surface area contributed by atoms with E-state index < -0.39 is 0 Å². The first kappa shape index (κ1) is 13.0. The van der Waals surface area contributed by atoms with Gasteiger partial charge in [0.15, 0.2) is 0 Å². The Morgan fingerprint density at radius 1 is 1.47 bits per heavy atom. The van der Waals surface area contributed by atoms with Gasteiger partial charge in [0.1, 0.15) is 0 Å². The second-order valence-electron chi connectivity index (χ2n) is 4.89. The summed E-state index contributed by atoms with van der Waals surface area (Å²) in [4.78, 5) is 11.8. The van der Waals surface area contributed by atoms with Crippen LogP contribution in [-0.4, -0.2) is 16.8 Å². The third kappa shape index (κ3) is 3.78. The molecular weight excluding hydrogens is 254 g/mol. The zero-order valence-corrected chi connectivity index (χ0v) is 11.4. The molecule has 0 aromatic rings. The van der Waals surface area contributed by atoms with Crippen LogP contribution in [0.1, 0.15) is 52.4 Å². The first-order chi connectivity index (χ1) is 7.12. The van der Waals surface area contributed by atoms with Gasteiger partial charge < -0.3 is 5.32 Å². The van der Waals surface area contributed by atoms with E-state index in [1.54, 1.807) is 0 Å². The van der Waals surface area contributed by atoms with Gasteiger partial charge in [-0.15, -0.1) is 0 Å². The van der Waals surface area contributed by atoms with Crippen molar-refractivity contribution in [3.63, 3.8) is 0 Å². The molecule has 0 aromatic carbocycles. The van der Waals surface area contributed by atoms with Crippen LogP contribution in [0.2, 0.25) is 0 Å². The molecule has 0 bridgehead atoms. The minimum absolute atomic E-state index is 0.0601. The maximum atomic E-state index is 11.8. The average Bonchev–Trinajstić information content (AvgIpc) is 2.66. The number of carbonyl (C=O) groups excluding carboxylic acids is 1. The molecule has 1 N–H and O–H groups in total. The van der Waals surface area contributed by atoms with Gasteiger partial charge in [0.25, 0.3) is 0 Å². The van der Waals surface area contributed by atoms with Crippen LogP contribution in [0.15, 0.2) is 0 Å². The highest BCUT2D eigenvalue weighted by molar-refractivity contribution is 9.09. The molecule has 2 nitrogen and oxygen atoms in total. The minimum atomic E-state index is 0.0601. The van der Waals surface area contributed by atoms with Crippen LogP contribution in [0, 0.1) is 5.92 Å². The monoisotopic (exact) mass is 275 g/mol. The lowest BCUT2D eigenvalue weighted by molar-refractivity contribution is -0.123. The number of amides is 1. The average molecular weight is 276 g/mol. The molecule has 0 aliphatic heterocycles. The van der Waals surface area contributed by atoms with Crippen LogP contribution in [0.4, 0.5) is 0 Å². The van der Waals surface area contributed by atoms with Crippen LogP contribution in [-0.2, 0) is 4.79 Å². The van der Waals surface area contributed by atoms with Crippen molar-refractivity contribution in [3.8, 4) is 0 Å². The molecule has 88 valence electrons. The molecule has 0 aromatic heterocycles. The normalized spacial score (nSPS) is 21.3. The van der Waals surface area contributed by atoms with Crippen LogP contribution >= 0.6 is 15.9 Å². The Kier molecular flexibility index (Phi) is 5.10. The molecule has 1 aliphatic carbocycles. The summed E-state index contributed by atoms with van der Waals surface area (Å²) in [5.74, 6) is 0.726. The second-order valence-corrected chi connectivity index (χ2v) is 5.45. The summed E-state index contributed by atoms with van der Waals surface area (Å²) in [6, 6.07) is 0. The largest absolute Gasteiger partial charge is 0.350 e. The molecular formula is C12H22BrNO. The fourth-order valence-corrected chi connectivity index (χ4v) is 2.85. The third-order valence-electron chi connectivity index (χ3n) is 3.45. The Morgan fingerprint density at radius 2 is 2.07 bits per heavy atom. The smallest absolute Gasteiger partial charge is 0.220 e. The quantitative estimate of drug-likeness (QED) is 0.767. The molecule has 1 saturated carbocycles. The van der Waals surface area contributed by atoms with Gasteiger partial charge >= 0.3 is 0 Å². The van der Waals surface area contributed by atoms with Crippen LogP contribution in [0.5, 0.6) is 0 Å². The van der Waals surface area contributed by atoms with E-state index in [-0.39, 0.29) is 11.4 Å². The van der Waals surface area contributed by atoms with Crippen molar-refractivity contribution < 1.29 is 4.79 Å². The van der Waals surface area contributed by atoms with Gasteiger partial charge in [-0.3, -0.25) is 4.79 Å². The highest BCUT2D eigenvalue weighted by Gasteiger charge is 2.34. The summed E-state index contributed by atoms with van der Waals surface area (Å²) in [6.45, 7) is 4.27. The molecule has 0 heterocycles. The number of alkyl halides is 1. The number of rotatable bonds is 5. The van der Waals surface area contributed by atoms with E-state index in [1.165, 1.54) is 12.8 Å². The van der Waals surface area contributed by atoms with Gasteiger partial charge in [-0.1, -0.05) is 49.0 Å². The molecule has 1 fully saturated rings. The third-order valence-corrected chi connectivity index (χ3v) is 4.53. The second kappa shape index (κ2) is 5.88. The molecule has 0 spiro atoms. The number of halogens is 1. The fourth-order valence-electron chi connectivity index (χ4n) is 2.15. The fraction of sp³-hybridized carbons (Fsp3) is 0.917. The molecule has 1 amide bonds. The number of carbonyl (C=O) groups is 1. The lowest BCUT2D eigenvalue weighted by Gasteiger charge is -2.28. The van der Waals surface area contributed by atoms with E-state index in [9.17, 15) is 4.79 Å². The lowest BCUT2D eigenvalue weighted by Crippen LogP contribution is -2.48. The van der Waals surface area contributed by atoms with E-state index in [0.717, 1.165) is 24.6 Å². The van der Waals surface area contributed by atoms with Crippen LogP contribution < -0.4 is 5.32 Å². The molecule has 1 rings (SSSR count). The van der Waals surface area contributed by atoms with Crippen molar-refractivity contribution in [2.24, 2.45) is 5.92 Å². The van der Waals surface area contributed by atoms with E-state index in [2.05, 4.69) is 35.1 Å². The van der Waals surface area contributed by atoms with Gasteiger partial charge in [0.2, 0.25) is 5.91 Å². The van der Waals surface area contributed by atoms with Crippen molar-refractivity contribution >= 4 is 21.8 Å². The van der Waals surface area contributed by atoms with Crippen molar-refractivity contribution in [3.05, 3.63) is 0 Å². The Morgan fingerprint density at radius 3 is 2.53 bits per heavy atom. The van der Waals surface area contributed by atoms with Gasteiger partial charge in [0, 0.05) is 17.3 Å². The van der Waals surface area contributed by atoms with Crippen molar-refractivity contribution in [2.45, 2.75) is 57.9 Å². The van der Waals surface area contributed by atoms with Gasteiger partial charge in [0.05, 0.1) is 0 Å². The Bertz CT molecular complexity index is 212. The molecule has 1 atom stereocenters. The highest BCUT2D eigenvalue weighted by Crippen LogP contribution is 2.31. The summed E-state index contributed by atoms with van der Waals surface area (Å²) in [7, 11) is 0. The van der Waals surface area contributed by atoms with Gasteiger partial charge in [-0.2, -0.15) is 0 Å². The molecule has 1 unspecified atom stereocenters. The zero-order valence-electron chi connectivity index (χ0n) is 9.81. The topological polar surface area (TPSA) is 29.1 Å². The summed E-state index contributed by atoms with van der Waals surface area (Å²) < 4.78 is 0. The van der Waals surface area contributed by atoms with Crippen molar-refractivity contribution in [1.29, 1.82) is 0 Å². The maximum Gasteiger partial charge on any atom is 0.220 e. The summed E-state index contributed by atoms with van der Waals surface area (Å²) in [5.41, 5.74) is 0.0601.